The van der Waals surface area contributed by atoms with Crippen molar-refractivity contribution in [1.29, 1.82) is 0 Å². The number of ketones is 2. The van der Waals surface area contributed by atoms with Crippen LogP contribution in [-0.4, -0.2) is 84.8 Å². The first-order valence-electron chi connectivity index (χ1n) is 21.2. The van der Waals surface area contributed by atoms with Gasteiger partial charge >= 0.3 is 0 Å². The zero-order chi connectivity index (χ0) is 40.6. The molecule has 318 valence electrons. The van der Waals surface area contributed by atoms with Gasteiger partial charge in [-0.1, -0.05) is 117 Å². The first-order valence-corrected chi connectivity index (χ1v) is 21.2. The number of unbranched alkanes of at least 4 members (excludes halogenated alkanes) is 15. The van der Waals surface area contributed by atoms with E-state index in [1.807, 2.05) is 0 Å². The van der Waals surface area contributed by atoms with Gasteiger partial charge in [-0.3, -0.25) is 24.0 Å². The van der Waals surface area contributed by atoms with Crippen molar-refractivity contribution in [2.45, 2.75) is 168 Å². The van der Waals surface area contributed by atoms with E-state index in [0.717, 1.165) is 18.5 Å². The van der Waals surface area contributed by atoms with Crippen LogP contribution in [0.25, 0.3) is 0 Å². The van der Waals surface area contributed by atoms with Gasteiger partial charge in [0.2, 0.25) is 17.7 Å². The lowest BCUT2D eigenvalue weighted by atomic mass is 9.77. The molecule has 0 aromatic carbocycles. The van der Waals surface area contributed by atoms with Crippen LogP contribution >= 0.6 is 0 Å². The van der Waals surface area contributed by atoms with Crippen LogP contribution in [0.2, 0.25) is 0 Å². The predicted octanol–water partition coefficient (Wildman–Crippen LogP) is 6.27. The Morgan fingerprint density at radius 3 is 1.95 bits per heavy atom. The van der Waals surface area contributed by atoms with Gasteiger partial charge in [0.15, 0.2) is 5.78 Å². The zero-order valence-electron chi connectivity index (χ0n) is 34.6. The number of rotatable bonds is 38. The molecule has 0 bridgehead atoms. The lowest BCUT2D eigenvalue weighted by molar-refractivity contribution is -0.135. The second kappa shape index (κ2) is 32.0. The highest BCUT2D eigenvalue weighted by molar-refractivity contribution is 5.94. The summed E-state index contributed by atoms with van der Waals surface area (Å²) < 4.78 is 10.9. The van der Waals surface area contributed by atoms with E-state index < -0.39 is 23.3 Å². The summed E-state index contributed by atoms with van der Waals surface area (Å²) in [7, 11) is 0. The maximum absolute atomic E-state index is 13.1. The molecule has 1 aromatic heterocycles. The summed E-state index contributed by atoms with van der Waals surface area (Å²) in [5.41, 5.74) is 11.4. The number of aromatic amines is 1. The van der Waals surface area contributed by atoms with Gasteiger partial charge in [-0.15, -0.1) is 0 Å². The summed E-state index contributed by atoms with van der Waals surface area (Å²) in [5, 5.41) is 5.67. The maximum Gasteiger partial charge on any atom is 0.245 e. The van der Waals surface area contributed by atoms with Gasteiger partial charge in [-0.05, 0) is 19.3 Å². The Hall–Kier alpha value is -3.16. The zero-order valence-corrected chi connectivity index (χ0v) is 34.6. The summed E-state index contributed by atoms with van der Waals surface area (Å²) >= 11 is 0. The number of carbonyl (C=O) groups is 5. The van der Waals surface area contributed by atoms with Crippen LogP contribution in [0.1, 0.15) is 163 Å². The van der Waals surface area contributed by atoms with Crippen molar-refractivity contribution < 1.29 is 34.9 Å². The fraction of sp³-hybridized carbons (Fsp3) is 0.810. The van der Waals surface area contributed by atoms with Crippen molar-refractivity contribution in [2.75, 3.05) is 39.5 Å². The third-order valence-corrected chi connectivity index (χ3v) is 10.1. The minimum atomic E-state index is -0.990. The Bertz CT molecular complexity index is 1180. The number of nitrogens with one attached hydrogen (secondary N) is 3. The molecule has 7 N–H and O–H groups in total. The molecule has 0 aliphatic heterocycles. The van der Waals surface area contributed by atoms with E-state index >= 15 is 0 Å². The third kappa shape index (κ3) is 27.1. The second-order valence-electron chi connectivity index (χ2n) is 15.7. The van der Waals surface area contributed by atoms with E-state index in [0.29, 0.717) is 58.4 Å². The van der Waals surface area contributed by atoms with E-state index in [-0.39, 0.29) is 50.9 Å². The number of imidazole rings is 1. The lowest BCUT2D eigenvalue weighted by Gasteiger charge is -2.25. The minimum absolute atomic E-state index is 0. The SMILES string of the molecule is CCCCCCCCCCCCCCCCCC(=O)NCCOCCOCC(=O)NCCCC[C@H](CC(=O)C(C)(C)CC(=O)[C@@H](N)Cc1cnc[nH]1)C(N)=O.[HH]. The summed E-state index contributed by atoms with van der Waals surface area (Å²) in [6.45, 7) is 7.32. The van der Waals surface area contributed by atoms with Gasteiger partial charge in [-0.25, -0.2) is 4.98 Å². The largest absolute Gasteiger partial charge is 0.377 e. The van der Waals surface area contributed by atoms with Crippen LogP contribution in [0.15, 0.2) is 12.5 Å². The first-order chi connectivity index (χ1) is 26.5. The van der Waals surface area contributed by atoms with Crippen LogP contribution in [0.5, 0.6) is 0 Å². The summed E-state index contributed by atoms with van der Waals surface area (Å²) in [5.74, 6) is -1.89. The van der Waals surface area contributed by atoms with Gasteiger partial charge < -0.3 is 36.6 Å². The Balaban J connectivity index is 0.0000302. The molecule has 0 saturated carbocycles. The summed E-state index contributed by atoms with van der Waals surface area (Å²) in [6.07, 6.45) is 25.0. The number of Topliss-reactive ketones (excluding diaryl/α,β-unsaturated/α-hetero) is 2. The Labute approximate surface area is 332 Å². The monoisotopic (exact) mass is 779 g/mol. The first kappa shape index (κ1) is 49.9. The van der Waals surface area contributed by atoms with E-state index in [9.17, 15) is 24.0 Å². The number of carbonyl (C=O) groups excluding carboxylic acids is 5. The smallest absolute Gasteiger partial charge is 0.245 e. The van der Waals surface area contributed by atoms with E-state index in [1.165, 1.54) is 89.8 Å². The van der Waals surface area contributed by atoms with Gasteiger partial charge in [0.05, 0.1) is 32.2 Å². The average molecular weight is 779 g/mol. The van der Waals surface area contributed by atoms with Gasteiger partial charge in [0.25, 0.3) is 0 Å². The maximum atomic E-state index is 13.1. The number of amides is 3. The summed E-state index contributed by atoms with van der Waals surface area (Å²) in [4.78, 5) is 68.8. The highest BCUT2D eigenvalue weighted by Crippen LogP contribution is 2.28. The molecule has 0 fully saturated rings. The van der Waals surface area contributed by atoms with E-state index in [2.05, 4.69) is 27.5 Å². The van der Waals surface area contributed by atoms with Crippen molar-refractivity contribution in [1.82, 2.24) is 20.6 Å². The van der Waals surface area contributed by atoms with Crippen LogP contribution < -0.4 is 22.1 Å². The number of nitrogens with two attached hydrogens (primary N) is 2. The average Bonchev–Trinajstić information content (AvgIpc) is 3.66. The standard InChI is InChI=1S/C42H76N6O7.H2/c1-4-5-6-7-8-9-10-11-12-13-14-15-16-17-18-22-39(51)47-24-25-54-26-27-55-32-40(52)46-23-20-19-21-34(41(44)53)28-38(50)42(2,3)30-37(49)36(43)29-35-31-45-33-48-35;/h31,33-34,36H,4-30,32,43H2,1-3H3,(H2,44,53)(H,45,48)(H,46,52)(H,47,51);1H/t34-,36+;/m1./s1. The molecule has 1 heterocycles. The normalized spacial score (nSPS) is 12.7. The van der Waals surface area contributed by atoms with Gasteiger partial charge in [0, 0.05) is 63.4 Å². The molecule has 0 unspecified atom stereocenters. The summed E-state index contributed by atoms with van der Waals surface area (Å²) in [6, 6.07) is -0.767. The highest BCUT2D eigenvalue weighted by Gasteiger charge is 2.34. The Morgan fingerprint density at radius 1 is 0.782 bits per heavy atom. The van der Waals surface area contributed by atoms with Crippen LogP contribution in [0, 0.1) is 11.3 Å². The van der Waals surface area contributed by atoms with Crippen molar-refractivity contribution in [3.63, 3.8) is 0 Å². The number of ether oxygens (including phenoxy) is 2. The lowest BCUT2D eigenvalue weighted by Crippen LogP contribution is -2.39. The van der Waals surface area contributed by atoms with Crippen LogP contribution in [0.4, 0.5) is 0 Å². The number of H-pyrrole nitrogens is 1. The van der Waals surface area contributed by atoms with Crippen molar-refractivity contribution in [3.05, 3.63) is 18.2 Å². The van der Waals surface area contributed by atoms with Crippen molar-refractivity contribution in [3.8, 4) is 0 Å². The fourth-order valence-electron chi connectivity index (χ4n) is 6.44. The number of primary amides is 1. The molecule has 3 amide bonds. The molecule has 0 aliphatic rings. The minimum Gasteiger partial charge on any atom is -0.377 e. The molecule has 0 radical (unpaired) electrons. The third-order valence-electron chi connectivity index (χ3n) is 10.1. The molecule has 0 spiro atoms. The molecule has 1 rings (SSSR count). The highest BCUT2D eigenvalue weighted by atomic mass is 16.5. The van der Waals surface area contributed by atoms with Gasteiger partial charge in [-0.2, -0.15) is 0 Å². The topological polar surface area (TPSA) is 209 Å². The number of hydrogen-bond acceptors (Lipinski definition) is 9. The van der Waals surface area contributed by atoms with E-state index in [1.54, 1.807) is 20.0 Å². The van der Waals surface area contributed by atoms with Crippen molar-refractivity contribution in [2.24, 2.45) is 22.8 Å². The van der Waals surface area contributed by atoms with Gasteiger partial charge in [0.1, 0.15) is 12.4 Å². The van der Waals surface area contributed by atoms with Crippen LogP contribution in [0.3, 0.4) is 0 Å². The Kier molecular flexibility index (Phi) is 29.0. The number of aromatic nitrogens is 2. The molecule has 2 atom stereocenters. The second-order valence-corrected chi connectivity index (χ2v) is 15.7. The number of nitrogens with zero attached hydrogens (tertiary/aromatic N) is 1. The number of hydrogen-bond donors (Lipinski definition) is 5. The van der Waals surface area contributed by atoms with E-state index in [4.69, 9.17) is 20.9 Å². The molecule has 13 nitrogen and oxygen atoms in total. The molecule has 55 heavy (non-hydrogen) atoms. The Morgan fingerprint density at radius 2 is 1.36 bits per heavy atom. The quantitative estimate of drug-likeness (QED) is 0.0479. The fourth-order valence-corrected chi connectivity index (χ4v) is 6.44. The molecular formula is C42H78N6O7. The molecule has 13 heteroatoms. The predicted molar refractivity (Wildman–Crippen MR) is 219 cm³/mol. The molecule has 0 saturated heterocycles. The van der Waals surface area contributed by atoms with Crippen molar-refractivity contribution >= 4 is 29.3 Å². The molecule has 0 aliphatic carbocycles. The molecule has 1 aromatic rings. The van der Waals surface area contributed by atoms with Crippen LogP contribution in [-0.2, 0) is 39.9 Å². The molecular weight excluding hydrogens is 700 g/mol.